The summed E-state index contributed by atoms with van der Waals surface area (Å²) in [7, 11) is 1.65. The number of hydrogen-bond donors (Lipinski definition) is 0. The Morgan fingerprint density at radius 2 is 1.81 bits per heavy atom. The molecule has 5 heteroatoms. The van der Waals surface area contributed by atoms with Crippen LogP contribution in [0.4, 0.5) is 0 Å². The highest BCUT2D eigenvalue weighted by molar-refractivity contribution is 5.98. The zero-order chi connectivity index (χ0) is 18.8. The van der Waals surface area contributed by atoms with Gasteiger partial charge in [0.25, 0.3) is 0 Å². The largest absolute Gasteiger partial charge is 0.457 e. The van der Waals surface area contributed by atoms with E-state index in [2.05, 4.69) is 6.92 Å². The van der Waals surface area contributed by atoms with Gasteiger partial charge in [0, 0.05) is 19.3 Å². The van der Waals surface area contributed by atoms with Gasteiger partial charge in [0.2, 0.25) is 0 Å². The summed E-state index contributed by atoms with van der Waals surface area (Å²) >= 11 is 0. The summed E-state index contributed by atoms with van der Waals surface area (Å²) in [5.74, 6) is -0.145. The topological polar surface area (TPSA) is 61.8 Å². The number of Topliss-reactive ketones (excluding diaryl/α,β-unsaturated/α-hetero) is 1. The monoisotopic (exact) mass is 362 g/mol. The summed E-state index contributed by atoms with van der Waals surface area (Å²) in [5, 5.41) is 0. The van der Waals surface area contributed by atoms with Gasteiger partial charge in [-0.25, -0.2) is 0 Å². The van der Waals surface area contributed by atoms with E-state index in [0.717, 1.165) is 32.1 Å². The van der Waals surface area contributed by atoms with E-state index in [1.165, 1.54) is 0 Å². The number of carbonyl (C=O) groups is 2. The molecule has 0 N–H and O–H groups in total. The second kappa shape index (κ2) is 10.4. The number of carbonyl (C=O) groups excluding carboxylic acids is 2. The van der Waals surface area contributed by atoms with Gasteiger partial charge in [-0.2, -0.15) is 0 Å². The predicted molar refractivity (Wildman–Crippen MR) is 99.1 cm³/mol. The molecule has 0 heterocycles. The van der Waals surface area contributed by atoms with Gasteiger partial charge in [0.15, 0.2) is 12.4 Å². The molecule has 1 fully saturated rings. The molecule has 0 radical (unpaired) electrons. The van der Waals surface area contributed by atoms with Crippen molar-refractivity contribution in [3.63, 3.8) is 0 Å². The zero-order valence-electron chi connectivity index (χ0n) is 15.9. The van der Waals surface area contributed by atoms with Crippen molar-refractivity contribution < 1.29 is 23.8 Å². The van der Waals surface area contributed by atoms with Gasteiger partial charge in [-0.3, -0.25) is 9.59 Å². The Labute approximate surface area is 156 Å². The van der Waals surface area contributed by atoms with Crippen LogP contribution >= 0.6 is 0 Å². The Morgan fingerprint density at radius 3 is 2.46 bits per heavy atom. The van der Waals surface area contributed by atoms with E-state index in [0.29, 0.717) is 25.4 Å². The first-order valence-electron chi connectivity index (χ1n) is 9.39. The molecule has 0 amide bonds. The fourth-order valence-electron chi connectivity index (χ4n) is 3.69. The van der Waals surface area contributed by atoms with Crippen LogP contribution in [0.25, 0.3) is 0 Å². The molecule has 1 aliphatic carbocycles. The molecule has 0 saturated heterocycles. The highest BCUT2D eigenvalue weighted by atomic mass is 16.5. The van der Waals surface area contributed by atoms with Crippen molar-refractivity contribution in [2.24, 2.45) is 11.3 Å². The van der Waals surface area contributed by atoms with Gasteiger partial charge >= 0.3 is 5.97 Å². The summed E-state index contributed by atoms with van der Waals surface area (Å²) < 4.78 is 16.0. The molecule has 0 aromatic heterocycles. The van der Waals surface area contributed by atoms with Crippen molar-refractivity contribution in [1.29, 1.82) is 0 Å². The van der Waals surface area contributed by atoms with Crippen LogP contribution in [0.1, 0.15) is 49.4 Å². The van der Waals surface area contributed by atoms with E-state index in [9.17, 15) is 9.59 Å². The van der Waals surface area contributed by atoms with Crippen LogP contribution in [0.3, 0.4) is 0 Å². The van der Waals surface area contributed by atoms with Gasteiger partial charge in [0.05, 0.1) is 18.6 Å². The number of hydrogen-bond acceptors (Lipinski definition) is 5. The maximum atomic E-state index is 12.8. The molecular formula is C21H30O5. The highest BCUT2D eigenvalue weighted by Gasteiger charge is 2.43. The summed E-state index contributed by atoms with van der Waals surface area (Å²) in [6.07, 6.45) is 4.44. The lowest BCUT2D eigenvalue weighted by Crippen LogP contribution is -2.34. The molecule has 144 valence electrons. The fraction of sp³-hybridized carbons (Fsp3) is 0.619. The van der Waals surface area contributed by atoms with Crippen LogP contribution in [0.2, 0.25) is 0 Å². The normalized spacial score (nSPS) is 17.0. The molecule has 0 spiro atoms. The minimum absolute atomic E-state index is 0.164. The highest BCUT2D eigenvalue weighted by Crippen LogP contribution is 2.44. The average molecular weight is 362 g/mol. The SMILES string of the molecule is COCCOC[C@@H](C)CC1(C(=O)OCC(=O)c2ccccc2)CCCC1. The third-order valence-corrected chi connectivity index (χ3v) is 5.00. The van der Waals surface area contributed by atoms with Crippen molar-refractivity contribution in [3.05, 3.63) is 35.9 Å². The molecule has 0 unspecified atom stereocenters. The Morgan fingerprint density at radius 1 is 1.12 bits per heavy atom. The third-order valence-electron chi connectivity index (χ3n) is 5.00. The first kappa shape index (κ1) is 20.6. The van der Waals surface area contributed by atoms with Crippen molar-refractivity contribution in [1.82, 2.24) is 0 Å². The molecule has 1 aromatic carbocycles. The van der Waals surface area contributed by atoms with Crippen molar-refractivity contribution in [3.8, 4) is 0 Å². The molecule has 0 bridgehead atoms. The quantitative estimate of drug-likeness (QED) is 0.341. The van der Waals surface area contributed by atoms with Crippen LogP contribution in [-0.4, -0.2) is 45.3 Å². The maximum absolute atomic E-state index is 12.8. The van der Waals surface area contributed by atoms with E-state index in [1.54, 1.807) is 31.4 Å². The lowest BCUT2D eigenvalue weighted by molar-refractivity contribution is -0.156. The zero-order valence-corrected chi connectivity index (χ0v) is 15.9. The lowest BCUT2D eigenvalue weighted by atomic mass is 9.78. The fourth-order valence-corrected chi connectivity index (χ4v) is 3.69. The second-order valence-corrected chi connectivity index (χ2v) is 7.23. The first-order valence-corrected chi connectivity index (χ1v) is 9.39. The van der Waals surface area contributed by atoms with Crippen LogP contribution in [0.5, 0.6) is 0 Å². The molecule has 1 aromatic rings. The van der Waals surface area contributed by atoms with Crippen molar-refractivity contribution in [2.75, 3.05) is 33.5 Å². The summed E-state index contributed by atoms with van der Waals surface area (Å²) in [6.45, 7) is 3.63. The van der Waals surface area contributed by atoms with Gasteiger partial charge in [-0.15, -0.1) is 0 Å². The number of benzene rings is 1. The number of methoxy groups -OCH3 is 1. The molecule has 0 aliphatic heterocycles. The van der Waals surface area contributed by atoms with Crippen LogP contribution in [0.15, 0.2) is 30.3 Å². The van der Waals surface area contributed by atoms with Crippen molar-refractivity contribution in [2.45, 2.75) is 39.0 Å². The van der Waals surface area contributed by atoms with Gasteiger partial charge < -0.3 is 14.2 Å². The van der Waals surface area contributed by atoms with Gasteiger partial charge in [0.1, 0.15) is 0 Å². The smallest absolute Gasteiger partial charge is 0.312 e. The minimum Gasteiger partial charge on any atom is -0.457 e. The average Bonchev–Trinajstić information content (AvgIpc) is 3.13. The summed E-state index contributed by atoms with van der Waals surface area (Å²) in [4.78, 5) is 25.0. The molecule has 1 atom stereocenters. The van der Waals surface area contributed by atoms with Crippen LogP contribution in [-0.2, 0) is 19.0 Å². The summed E-state index contributed by atoms with van der Waals surface area (Å²) in [5.41, 5.74) is 0.0988. The number of ketones is 1. The van der Waals surface area contributed by atoms with Crippen LogP contribution in [0, 0.1) is 11.3 Å². The second-order valence-electron chi connectivity index (χ2n) is 7.23. The predicted octanol–water partition coefficient (Wildman–Crippen LogP) is 3.66. The Bertz CT molecular complexity index is 563. The van der Waals surface area contributed by atoms with E-state index in [-0.39, 0.29) is 24.3 Å². The molecule has 5 nitrogen and oxygen atoms in total. The molecule has 1 saturated carbocycles. The number of esters is 1. The number of rotatable bonds is 11. The van der Waals surface area contributed by atoms with Gasteiger partial charge in [-0.05, 0) is 25.2 Å². The van der Waals surface area contributed by atoms with Crippen LogP contribution < -0.4 is 0 Å². The standard InChI is InChI=1S/C21H30O5/c1-17(15-25-13-12-24-2)14-21(10-6-7-11-21)20(23)26-16-19(22)18-8-4-3-5-9-18/h3-5,8-9,17H,6-7,10-16H2,1-2H3/t17-/m0/s1. The third kappa shape index (κ3) is 5.92. The molecule has 1 aliphatic rings. The van der Waals surface area contributed by atoms with E-state index in [4.69, 9.17) is 14.2 Å². The van der Waals surface area contributed by atoms with Crippen molar-refractivity contribution >= 4 is 11.8 Å². The Hall–Kier alpha value is -1.72. The first-order chi connectivity index (χ1) is 12.6. The van der Waals surface area contributed by atoms with E-state index in [1.807, 2.05) is 6.07 Å². The van der Waals surface area contributed by atoms with Gasteiger partial charge in [-0.1, -0.05) is 50.1 Å². The van der Waals surface area contributed by atoms with E-state index < -0.39 is 5.41 Å². The maximum Gasteiger partial charge on any atom is 0.312 e. The molecule has 2 rings (SSSR count). The summed E-state index contributed by atoms with van der Waals surface area (Å²) in [6, 6.07) is 8.94. The number of ether oxygens (including phenoxy) is 3. The lowest BCUT2D eigenvalue weighted by Gasteiger charge is -2.29. The molecule has 26 heavy (non-hydrogen) atoms. The minimum atomic E-state index is -0.471. The molecular weight excluding hydrogens is 332 g/mol. The Balaban J connectivity index is 1.86. The van der Waals surface area contributed by atoms with E-state index >= 15 is 0 Å². The Kier molecular flexibility index (Phi) is 8.26.